The standard InChI is InChI=1S/C12H24N4O/c1-15-4-6-16(7-5-15)11(9-13)8-12(17)14-10-2-3-10/h10-11H,2-9,13H2,1H3,(H,14,17). The third-order valence-electron chi connectivity index (χ3n) is 3.69. The van der Waals surface area contributed by atoms with Gasteiger partial charge < -0.3 is 16.0 Å². The topological polar surface area (TPSA) is 61.6 Å². The summed E-state index contributed by atoms with van der Waals surface area (Å²) >= 11 is 0. The first kappa shape index (κ1) is 12.8. The van der Waals surface area contributed by atoms with Crippen molar-refractivity contribution in [1.29, 1.82) is 0 Å². The molecule has 1 heterocycles. The third kappa shape index (κ3) is 3.94. The number of nitrogens with zero attached hydrogens (tertiary/aromatic N) is 2. The summed E-state index contributed by atoms with van der Waals surface area (Å²) in [4.78, 5) is 16.4. The summed E-state index contributed by atoms with van der Waals surface area (Å²) < 4.78 is 0. The number of hydrogen-bond donors (Lipinski definition) is 2. The van der Waals surface area contributed by atoms with Crippen LogP contribution in [0.3, 0.4) is 0 Å². The number of likely N-dealkylation sites (N-methyl/N-ethyl adjacent to an activating group) is 1. The van der Waals surface area contributed by atoms with Crippen LogP contribution in [0.15, 0.2) is 0 Å². The van der Waals surface area contributed by atoms with Crippen molar-refractivity contribution in [2.24, 2.45) is 5.73 Å². The van der Waals surface area contributed by atoms with E-state index in [1.54, 1.807) is 0 Å². The van der Waals surface area contributed by atoms with Crippen LogP contribution in [-0.2, 0) is 4.79 Å². The number of carbonyl (C=O) groups is 1. The summed E-state index contributed by atoms with van der Waals surface area (Å²) in [5, 5.41) is 3.03. The highest BCUT2D eigenvalue weighted by atomic mass is 16.1. The van der Waals surface area contributed by atoms with Gasteiger partial charge in [0.1, 0.15) is 0 Å². The Balaban J connectivity index is 1.76. The van der Waals surface area contributed by atoms with Gasteiger partial charge in [0.25, 0.3) is 0 Å². The van der Waals surface area contributed by atoms with Gasteiger partial charge in [0.2, 0.25) is 5.91 Å². The minimum absolute atomic E-state index is 0.168. The van der Waals surface area contributed by atoms with E-state index in [-0.39, 0.29) is 11.9 Å². The lowest BCUT2D eigenvalue weighted by molar-refractivity contribution is -0.122. The van der Waals surface area contributed by atoms with Gasteiger partial charge in [0, 0.05) is 51.2 Å². The van der Waals surface area contributed by atoms with Gasteiger partial charge in [0.05, 0.1) is 0 Å². The summed E-state index contributed by atoms with van der Waals surface area (Å²) in [6.45, 7) is 4.76. The largest absolute Gasteiger partial charge is 0.353 e. The smallest absolute Gasteiger partial charge is 0.221 e. The van der Waals surface area contributed by atoms with Crippen LogP contribution in [-0.4, -0.2) is 67.6 Å². The van der Waals surface area contributed by atoms with Crippen molar-refractivity contribution < 1.29 is 4.79 Å². The summed E-state index contributed by atoms with van der Waals surface area (Å²) in [5.41, 5.74) is 5.80. The van der Waals surface area contributed by atoms with Crippen LogP contribution >= 0.6 is 0 Å². The number of nitrogens with two attached hydrogens (primary N) is 1. The molecule has 1 aliphatic heterocycles. The fourth-order valence-electron chi connectivity index (χ4n) is 2.28. The van der Waals surface area contributed by atoms with Crippen LogP contribution in [0.2, 0.25) is 0 Å². The van der Waals surface area contributed by atoms with Gasteiger partial charge in [-0.3, -0.25) is 9.69 Å². The molecule has 1 aliphatic carbocycles. The number of amides is 1. The Morgan fingerprint density at radius 3 is 2.53 bits per heavy atom. The molecule has 0 aromatic carbocycles. The van der Waals surface area contributed by atoms with Crippen LogP contribution in [0.4, 0.5) is 0 Å². The molecule has 1 unspecified atom stereocenters. The second-order valence-electron chi connectivity index (χ2n) is 5.27. The zero-order valence-corrected chi connectivity index (χ0v) is 10.7. The molecule has 2 rings (SSSR count). The number of hydrogen-bond acceptors (Lipinski definition) is 4. The summed E-state index contributed by atoms with van der Waals surface area (Å²) in [6.07, 6.45) is 2.85. The zero-order valence-electron chi connectivity index (χ0n) is 10.7. The maximum Gasteiger partial charge on any atom is 0.221 e. The molecule has 2 fully saturated rings. The summed E-state index contributed by atoms with van der Waals surface area (Å²) in [6, 6.07) is 0.663. The van der Waals surface area contributed by atoms with Crippen molar-refractivity contribution in [2.45, 2.75) is 31.3 Å². The van der Waals surface area contributed by atoms with Gasteiger partial charge in [-0.05, 0) is 19.9 Å². The summed E-state index contributed by atoms with van der Waals surface area (Å²) in [5.74, 6) is 0.168. The van der Waals surface area contributed by atoms with E-state index in [1.807, 2.05) is 0 Å². The predicted octanol–water partition coefficient (Wildman–Crippen LogP) is -0.770. The minimum atomic E-state index is 0.168. The molecule has 2 aliphatic rings. The molecule has 5 heteroatoms. The monoisotopic (exact) mass is 240 g/mol. The minimum Gasteiger partial charge on any atom is -0.353 e. The van der Waals surface area contributed by atoms with Gasteiger partial charge in [-0.1, -0.05) is 0 Å². The highest BCUT2D eigenvalue weighted by molar-refractivity contribution is 5.77. The van der Waals surface area contributed by atoms with Crippen LogP contribution in [0.1, 0.15) is 19.3 Å². The van der Waals surface area contributed by atoms with E-state index in [0.29, 0.717) is 19.0 Å². The molecule has 1 saturated heterocycles. The highest BCUT2D eigenvalue weighted by Gasteiger charge is 2.27. The Morgan fingerprint density at radius 2 is 2.00 bits per heavy atom. The Bertz CT molecular complexity index is 259. The lowest BCUT2D eigenvalue weighted by Gasteiger charge is -2.37. The predicted molar refractivity (Wildman–Crippen MR) is 67.7 cm³/mol. The molecule has 1 amide bonds. The molecule has 3 N–H and O–H groups in total. The van der Waals surface area contributed by atoms with Crippen molar-refractivity contribution in [3.63, 3.8) is 0 Å². The van der Waals surface area contributed by atoms with Gasteiger partial charge in [0.15, 0.2) is 0 Å². The average Bonchev–Trinajstić information content (AvgIpc) is 3.11. The van der Waals surface area contributed by atoms with Gasteiger partial charge in [-0.25, -0.2) is 0 Å². The molecule has 17 heavy (non-hydrogen) atoms. The molecule has 0 bridgehead atoms. The van der Waals surface area contributed by atoms with E-state index in [0.717, 1.165) is 39.0 Å². The van der Waals surface area contributed by atoms with Gasteiger partial charge in [-0.2, -0.15) is 0 Å². The first-order valence-corrected chi connectivity index (χ1v) is 6.61. The van der Waals surface area contributed by atoms with Crippen LogP contribution in [0.5, 0.6) is 0 Å². The van der Waals surface area contributed by atoms with E-state index in [4.69, 9.17) is 5.73 Å². The van der Waals surface area contributed by atoms with E-state index in [2.05, 4.69) is 22.2 Å². The van der Waals surface area contributed by atoms with Crippen LogP contribution in [0.25, 0.3) is 0 Å². The Labute approximate surface area is 103 Å². The lowest BCUT2D eigenvalue weighted by atomic mass is 10.1. The normalized spacial score (nSPS) is 24.6. The lowest BCUT2D eigenvalue weighted by Crippen LogP contribution is -2.52. The third-order valence-corrected chi connectivity index (χ3v) is 3.69. The van der Waals surface area contributed by atoms with Crippen LogP contribution in [0, 0.1) is 0 Å². The number of piperazine rings is 1. The van der Waals surface area contributed by atoms with Crippen molar-refractivity contribution in [3.8, 4) is 0 Å². The second-order valence-corrected chi connectivity index (χ2v) is 5.27. The quantitative estimate of drug-likeness (QED) is 0.662. The van der Waals surface area contributed by atoms with E-state index in [1.165, 1.54) is 0 Å². The van der Waals surface area contributed by atoms with Crippen molar-refractivity contribution >= 4 is 5.91 Å². The van der Waals surface area contributed by atoms with E-state index < -0.39 is 0 Å². The molecular formula is C12H24N4O. The number of rotatable bonds is 5. The zero-order chi connectivity index (χ0) is 12.3. The van der Waals surface area contributed by atoms with Crippen molar-refractivity contribution in [1.82, 2.24) is 15.1 Å². The SMILES string of the molecule is CN1CCN(C(CN)CC(=O)NC2CC2)CC1. The first-order valence-electron chi connectivity index (χ1n) is 6.61. The first-order chi connectivity index (χ1) is 8.19. The number of nitrogens with one attached hydrogen (secondary N) is 1. The highest BCUT2D eigenvalue weighted by Crippen LogP contribution is 2.19. The van der Waals surface area contributed by atoms with Crippen LogP contribution < -0.4 is 11.1 Å². The molecule has 1 atom stereocenters. The fraction of sp³-hybridized carbons (Fsp3) is 0.917. The Morgan fingerprint density at radius 1 is 1.35 bits per heavy atom. The fourth-order valence-corrected chi connectivity index (χ4v) is 2.28. The molecule has 0 radical (unpaired) electrons. The molecule has 0 aromatic heterocycles. The Kier molecular flexibility index (Phi) is 4.36. The molecule has 98 valence electrons. The van der Waals surface area contributed by atoms with E-state index >= 15 is 0 Å². The molecule has 0 spiro atoms. The van der Waals surface area contributed by atoms with Gasteiger partial charge in [-0.15, -0.1) is 0 Å². The second kappa shape index (κ2) is 5.80. The summed E-state index contributed by atoms with van der Waals surface area (Å²) in [7, 11) is 2.13. The Hall–Kier alpha value is -0.650. The van der Waals surface area contributed by atoms with Crippen molar-refractivity contribution in [2.75, 3.05) is 39.8 Å². The average molecular weight is 240 g/mol. The maximum atomic E-state index is 11.8. The molecule has 5 nitrogen and oxygen atoms in total. The molecular weight excluding hydrogens is 216 g/mol. The van der Waals surface area contributed by atoms with Gasteiger partial charge >= 0.3 is 0 Å². The molecule has 0 aromatic rings. The maximum absolute atomic E-state index is 11.8. The van der Waals surface area contributed by atoms with E-state index in [9.17, 15) is 4.79 Å². The molecule has 1 saturated carbocycles. The van der Waals surface area contributed by atoms with Crippen molar-refractivity contribution in [3.05, 3.63) is 0 Å². The number of carbonyl (C=O) groups excluding carboxylic acids is 1.